The van der Waals surface area contributed by atoms with Gasteiger partial charge in [0.1, 0.15) is 89.4 Å². The standard InChI is InChI=1S/C97H124N16O19S2/c1-12-67-89(123)110-42-21-27-68(110)90(124)107(10)72(47-58-30-34-65(35-31-58)105(6)7)93(127)113-52-64(55-134-77-53-109-44-38-60(77)39-45-109)76(116)50-71(113)85(119)102-81(61-23-16-14-17-24-61)94(128)131-56(3)79(86(120)99-67)100-78(117)40-46-133-54-63-51-112-70(49-75(63)115)84(118)103-82(62-25-18-15-19-26-62)95(129)132-57(4)80(101-87(121)83-74(114)29-20-41-98-83)88(122)104-97(5,13-2)96(130)111-43-22-28-69(111)91(125)108(11)73(92(112)126)48-59-32-36-66(37-33-59)106(8)9/h14-20,23-26,29-37,41,56-57,60,63-64,67-73,77,79-82,114H,12-13,21-22,27-28,38-40,42-55H2,1-11H3,(H,99,120)(H,100,117)(H,101,121)(H,102,119)(H,103,118)(H,104,122)/t56-,57-,63?,64+,67-,68+,69+,70+,71+,72+,73+,77?,79+,80+,81+,82+,97-/m1/s1. The van der Waals surface area contributed by atoms with Crippen molar-refractivity contribution in [3.63, 3.8) is 0 Å². The fourth-order valence-electron chi connectivity index (χ4n) is 19.2. The van der Waals surface area contributed by atoms with Crippen LogP contribution in [0.5, 0.6) is 5.75 Å². The minimum atomic E-state index is -1.84. The van der Waals surface area contributed by atoms with E-state index in [9.17, 15) is 24.3 Å². The second kappa shape index (κ2) is 44.0. The summed E-state index contributed by atoms with van der Waals surface area (Å²) in [5, 5.41) is 27.4. The molecule has 9 aliphatic rings. The van der Waals surface area contributed by atoms with E-state index < -0.39 is 215 Å². The molecule has 35 nitrogen and oxygen atoms in total. The first-order valence-corrected chi connectivity index (χ1v) is 48.5. The first kappa shape index (κ1) is 99.5. The van der Waals surface area contributed by atoms with Crippen molar-refractivity contribution in [3.8, 4) is 5.75 Å². The lowest BCUT2D eigenvalue weighted by Gasteiger charge is -2.45. The van der Waals surface area contributed by atoms with Crippen LogP contribution in [0, 0.1) is 17.8 Å². The van der Waals surface area contributed by atoms with Gasteiger partial charge in [0.25, 0.3) is 5.91 Å². The van der Waals surface area contributed by atoms with Gasteiger partial charge in [-0.2, -0.15) is 23.5 Å². The van der Waals surface area contributed by atoms with Gasteiger partial charge in [-0.05, 0) is 150 Å². The Morgan fingerprint density at radius 3 is 1.49 bits per heavy atom. The van der Waals surface area contributed by atoms with Gasteiger partial charge < -0.3 is 90.6 Å². The number of esters is 2. The highest BCUT2D eigenvalue weighted by Crippen LogP contribution is 2.39. The van der Waals surface area contributed by atoms with Crippen molar-refractivity contribution in [2.75, 3.05) is 115 Å². The van der Waals surface area contributed by atoms with E-state index in [0.29, 0.717) is 35.6 Å². The summed E-state index contributed by atoms with van der Waals surface area (Å²) in [5.41, 5.74) is 0.936. The molecule has 14 rings (SSSR count). The maximum atomic E-state index is 16.3. The smallest absolute Gasteiger partial charge is 0.333 e. The summed E-state index contributed by atoms with van der Waals surface area (Å²) in [6.07, 6.45) is -0.760. The number of thioether (sulfide) groups is 2. The number of ether oxygens (including phenoxy) is 2. The van der Waals surface area contributed by atoms with Gasteiger partial charge in [0.2, 0.25) is 65.0 Å². The lowest BCUT2D eigenvalue weighted by atomic mass is 9.88. The van der Waals surface area contributed by atoms with E-state index in [1.165, 1.54) is 94.7 Å². The number of likely N-dealkylation sites (N-methyl/N-ethyl adjacent to an activating group) is 2. The van der Waals surface area contributed by atoms with Gasteiger partial charge in [0, 0.05) is 159 Å². The summed E-state index contributed by atoms with van der Waals surface area (Å²) in [7, 11) is 10.4. The fourth-order valence-corrected chi connectivity index (χ4v) is 21.9. The molecular formula is C97H124N16O19S2. The highest BCUT2D eigenvalue weighted by Gasteiger charge is 2.53. The van der Waals surface area contributed by atoms with Gasteiger partial charge in [-0.15, -0.1) is 0 Å². The molecule has 12 amide bonds. The van der Waals surface area contributed by atoms with Crippen LogP contribution in [0.3, 0.4) is 0 Å². The van der Waals surface area contributed by atoms with Crippen LogP contribution < -0.4 is 41.7 Å². The number of nitrogens with one attached hydrogen (secondary N) is 6. The zero-order valence-corrected chi connectivity index (χ0v) is 79.4. The molecule has 10 heterocycles. The molecule has 9 fully saturated rings. The predicted molar refractivity (Wildman–Crippen MR) is 500 cm³/mol. The molecule has 9 aliphatic heterocycles. The third-order valence-electron chi connectivity index (χ3n) is 27.6. The second-order valence-electron chi connectivity index (χ2n) is 36.9. The number of hydrogen-bond donors (Lipinski definition) is 7. The Bertz CT molecular complexity index is 5190. The number of carbonyl (C=O) groups is 16. The number of benzene rings is 4. The van der Waals surface area contributed by atoms with E-state index >= 15 is 57.5 Å². The van der Waals surface area contributed by atoms with Crippen LogP contribution in [-0.4, -0.2) is 322 Å². The van der Waals surface area contributed by atoms with Crippen molar-refractivity contribution >= 4 is 129 Å². The van der Waals surface area contributed by atoms with E-state index in [1.54, 1.807) is 86.3 Å². The third kappa shape index (κ3) is 22.8. The lowest BCUT2D eigenvalue weighted by molar-refractivity contribution is -0.158. The first-order valence-electron chi connectivity index (χ1n) is 46.3. The van der Waals surface area contributed by atoms with Gasteiger partial charge in [-0.1, -0.05) is 98.8 Å². The maximum absolute atomic E-state index is 16.3. The zero-order valence-electron chi connectivity index (χ0n) is 77.8. The molecule has 17 atom stereocenters. The summed E-state index contributed by atoms with van der Waals surface area (Å²) in [6.45, 7) is 9.68. The van der Waals surface area contributed by atoms with Crippen molar-refractivity contribution in [1.82, 2.24) is 71.2 Å². The molecule has 9 saturated heterocycles. The number of amides is 12. The number of pyridine rings is 1. The van der Waals surface area contributed by atoms with Crippen LogP contribution in [0.2, 0.25) is 0 Å². The lowest BCUT2D eigenvalue weighted by Crippen LogP contribution is -2.65. The number of Topliss-reactive ketones (excluding diaryl/α,β-unsaturated/α-hetero) is 2. The SMILES string of the molecule is CC[C@H]1NC(=O)[C@@H](NC(=O)CCSCC2CN3C(=O)[C@H](Cc4ccc(N(C)C)cc4)N(C)C(=O)[C@@H]4CCCN4C(=O)[C@@](C)(CC)NC(=O)[C@@H](NC(=O)c4ncccc4O)[C@@H](C)OC(=O)[C@H](c4ccccc4)NC(=O)[C@@H]3CC2=O)[C@@H](C)OC(=O)[C@H](c2ccccc2)NC(=O)[C@@H]2CC(=O)[C@H](CSC3CN4CCC3CC4)CN2C(=O)[C@H](Cc2ccc(N(C)C)cc2)N(C)C(=O)[C@@H]2CCCN2C1=O. The monoisotopic (exact) mass is 1880 g/mol. The van der Waals surface area contributed by atoms with Gasteiger partial charge in [-0.3, -0.25) is 67.1 Å². The molecule has 0 saturated carbocycles. The molecule has 2 bridgehead atoms. The number of piperidine rings is 5. The Hall–Kier alpha value is -12.0. The summed E-state index contributed by atoms with van der Waals surface area (Å²) < 4.78 is 12.3. The van der Waals surface area contributed by atoms with Gasteiger partial charge in [0.05, 0.1) is 0 Å². The number of cyclic esters (lactones) is 2. The van der Waals surface area contributed by atoms with Crippen LogP contribution in [0.1, 0.15) is 150 Å². The number of rotatable bonds is 21. The van der Waals surface area contributed by atoms with Crippen LogP contribution in [0.25, 0.3) is 0 Å². The number of aromatic nitrogens is 1. The van der Waals surface area contributed by atoms with Crippen LogP contribution in [0.4, 0.5) is 11.4 Å². The normalized spacial score (nSPS) is 29.2. The van der Waals surface area contributed by atoms with E-state index in [2.05, 4.69) is 41.8 Å². The quantitative estimate of drug-likeness (QED) is 0.0404. The number of ketones is 2. The van der Waals surface area contributed by atoms with Crippen molar-refractivity contribution in [1.29, 1.82) is 0 Å². The molecule has 5 aromatic rings. The summed E-state index contributed by atoms with van der Waals surface area (Å²) >= 11 is 2.80. The van der Waals surface area contributed by atoms with E-state index in [4.69, 9.17) is 9.47 Å². The van der Waals surface area contributed by atoms with Crippen LogP contribution in [0.15, 0.2) is 128 Å². The predicted octanol–water partition coefficient (Wildman–Crippen LogP) is 3.93. The van der Waals surface area contributed by atoms with E-state index in [1.807, 2.05) is 74.4 Å². The molecule has 0 aliphatic carbocycles. The minimum Gasteiger partial charge on any atom is -0.505 e. The Morgan fingerprint density at radius 1 is 0.537 bits per heavy atom. The zero-order chi connectivity index (χ0) is 96.3. The molecule has 7 N–H and O–H groups in total. The first-order chi connectivity index (χ1) is 64.0. The van der Waals surface area contributed by atoms with Crippen molar-refractivity contribution in [2.24, 2.45) is 17.8 Å². The van der Waals surface area contributed by atoms with Crippen molar-refractivity contribution in [2.45, 2.75) is 208 Å². The van der Waals surface area contributed by atoms with Crippen molar-refractivity contribution in [3.05, 3.63) is 155 Å². The summed E-state index contributed by atoms with van der Waals surface area (Å²) in [6, 6.07) is 16.3. The topological polar surface area (TPSA) is 426 Å². The number of fused-ring (bicyclic) bond motifs is 7. The van der Waals surface area contributed by atoms with Gasteiger partial charge >= 0.3 is 11.9 Å². The number of anilines is 2. The average Bonchev–Trinajstić information content (AvgIpc) is 1.21. The molecular weight excluding hydrogens is 1760 g/mol. The molecule has 0 spiro atoms. The van der Waals surface area contributed by atoms with Gasteiger partial charge in [0.15, 0.2) is 17.8 Å². The molecule has 1 aromatic heterocycles. The van der Waals surface area contributed by atoms with Crippen LogP contribution >= 0.6 is 23.5 Å². The van der Waals surface area contributed by atoms with E-state index in [0.717, 1.165) is 55.6 Å². The average molecular weight is 1880 g/mol. The maximum Gasteiger partial charge on any atom is 0.333 e. The third-order valence-corrected chi connectivity index (χ3v) is 30.3. The Labute approximate surface area is 789 Å². The molecule has 0 radical (unpaired) electrons. The second-order valence-corrected chi connectivity index (χ2v) is 39.3. The number of hydrogen-bond acceptors (Lipinski definition) is 25. The van der Waals surface area contributed by atoms with Crippen LogP contribution in [-0.2, 0) is 94.2 Å². The summed E-state index contributed by atoms with van der Waals surface area (Å²) in [5.74, 6) is -14.6. The number of carbonyl (C=O) groups excluding carboxylic acids is 16. The minimum absolute atomic E-state index is 0.0321. The van der Waals surface area contributed by atoms with Gasteiger partial charge in [-0.25, -0.2) is 14.6 Å². The number of nitrogens with zero attached hydrogens (tertiary/aromatic N) is 10. The van der Waals surface area contributed by atoms with E-state index in [-0.39, 0.29) is 98.2 Å². The van der Waals surface area contributed by atoms with Crippen molar-refractivity contribution < 1.29 is 91.3 Å². The molecule has 4 aromatic carbocycles. The molecule has 2 unspecified atom stereocenters. The Balaban J connectivity index is 0.786. The number of aromatic hydroxyl groups is 1. The highest BCUT2D eigenvalue weighted by atomic mass is 32.2. The molecule has 718 valence electrons. The Kier molecular flexibility index (Phi) is 32.7. The Morgan fingerprint density at radius 2 is 1.02 bits per heavy atom. The molecule has 37 heteroatoms. The fraction of sp³-hybridized carbons (Fsp3) is 0.536. The summed E-state index contributed by atoms with van der Waals surface area (Å²) in [4.78, 5) is 263. The largest absolute Gasteiger partial charge is 0.505 e. The highest BCUT2D eigenvalue weighted by molar-refractivity contribution is 8.00. The molecule has 134 heavy (non-hydrogen) atoms.